The molecule has 0 saturated heterocycles. The molecule has 3 rings (SSSR count). The van der Waals surface area contributed by atoms with Gasteiger partial charge in [0.2, 0.25) is 0 Å². The van der Waals surface area contributed by atoms with E-state index in [0.29, 0.717) is 22.5 Å². The molecule has 0 aliphatic heterocycles. The van der Waals surface area contributed by atoms with Crippen LogP contribution >= 0.6 is 0 Å². The second kappa shape index (κ2) is 7.40. The van der Waals surface area contributed by atoms with E-state index in [1.165, 1.54) is 6.20 Å². The molecule has 2 amide bonds. The van der Waals surface area contributed by atoms with Crippen LogP contribution in [0.25, 0.3) is 0 Å². The Morgan fingerprint density at radius 1 is 0.800 bits per heavy atom. The molecule has 0 unspecified atom stereocenters. The molecule has 0 fully saturated rings. The van der Waals surface area contributed by atoms with Crippen LogP contribution in [0.1, 0.15) is 26.3 Å². The molecule has 0 aliphatic rings. The number of nitrogens with zero attached hydrogens (tertiary/aromatic N) is 1. The maximum absolute atomic E-state index is 12.2. The zero-order chi connectivity index (χ0) is 17.6. The van der Waals surface area contributed by atoms with Gasteiger partial charge in [-0.25, -0.2) is 0 Å². The number of carbonyl (C=O) groups excluding carboxylic acids is 2. The summed E-state index contributed by atoms with van der Waals surface area (Å²) in [5.41, 5.74) is 3.42. The number of hydrogen-bond donors (Lipinski definition) is 2. The fraction of sp³-hybridized carbons (Fsp3) is 0.0500. The second-order valence-corrected chi connectivity index (χ2v) is 5.60. The van der Waals surface area contributed by atoms with E-state index in [1.807, 2.05) is 25.1 Å². The smallest absolute Gasteiger partial charge is 0.257 e. The van der Waals surface area contributed by atoms with E-state index in [-0.39, 0.29) is 11.8 Å². The lowest BCUT2D eigenvalue weighted by Gasteiger charge is -2.08. The van der Waals surface area contributed by atoms with Gasteiger partial charge >= 0.3 is 0 Å². The zero-order valence-corrected chi connectivity index (χ0v) is 13.7. The van der Waals surface area contributed by atoms with Gasteiger partial charge in [0, 0.05) is 29.3 Å². The van der Waals surface area contributed by atoms with Gasteiger partial charge in [-0.2, -0.15) is 0 Å². The van der Waals surface area contributed by atoms with E-state index in [0.717, 1.165) is 5.56 Å². The summed E-state index contributed by atoms with van der Waals surface area (Å²) in [6.45, 7) is 1.94. The highest BCUT2D eigenvalue weighted by Crippen LogP contribution is 2.16. The Kier molecular flexibility index (Phi) is 4.85. The highest BCUT2D eigenvalue weighted by atomic mass is 16.2. The molecule has 0 spiro atoms. The Morgan fingerprint density at radius 3 is 1.96 bits per heavy atom. The van der Waals surface area contributed by atoms with E-state index >= 15 is 0 Å². The maximum Gasteiger partial charge on any atom is 0.257 e. The van der Waals surface area contributed by atoms with Gasteiger partial charge in [-0.15, -0.1) is 0 Å². The van der Waals surface area contributed by atoms with Crippen molar-refractivity contribution in [1.82, 2.24) is 4.98 Å². The summed E-state index contributed by atoms with van der Waals surface area (Å²) in [6.07, 6.45) is 3.12. The van der Waals surface area contributed by atoms with Gasteiger partial charge in [0.05, 0.1) is 5.56 Å². The number of anilines is 2. The molecule has 0 aliphatic carbocycles. The number of amides is 2. The van der Waals surface area contributed by atoms with Crippen LogP contribution in [-0.4, -0.2) is 16.8 Å². The molecule has 25 heavy (non-hydrogen) atoms. The van der Waals surface area contributed by atoms with Gasteiger partial charge in [-0.1, -0.05) is 17.7 Å². The Bertz CT molecular complexity index is 890. The predicted octanol–water partition coefficient (Wildman–Crippen LogP) is 3.89. The predicted molar refractivity (Wildman–Crippen MR) is 97.8 cm³/mol. The molecule has 0 bridgehead atoms. The Morgan fingerprint density at radius 2 is 1.40 bits per heavy atom. The lowest BCUT2D eigenvalue weighted by molar-refractivity contribution is 0.101. The Hall–Kier alpha value is -3.47. The number of aromatic nitrogens is 1. The molecule has 5 nitrogen and oxygen atoms in total. The normalized spacial score (nSPS) is 10.1. The van der Waals surface area contributed by atoms with Crippen LogP contribution in [0.4, 0.5) is 11.4 Å². The molecule has 2 N–H and O–H groups in total. The molecule has 1 heterocycles. The van der Waals surface area contributed by atoms with E-state index in [1.54, 1.807) is 48.7 Å². The lowest BCUT2D eigenvalue weighted by Crippen LogP contribution is -2.13. The molecule has 0 saturated carbocycles. The summed E-state index contributed by atoms with van der Waals surface area (Å²) in [4.78, 5) is 28.2. The topological polar surface area (TPSA) is 71.1 Å². The summed E-state index contributed by atoms with van der Waals surface area (Å²) in [7, 11) is 0. The summed E-state index contributed by atoms with van der Waals surface area (Å²) in [5, 5.41) is 5.62. The minimum absolute atomic E-state index is 0.171. The summed E-state index contributed by atoms with van der Waals surface area (Å²) in [6, 6.07) is 17.7. The molecule has 5 heteroatoms. The van der Waals surface area contributed by atoms with E-state index in [2.05, 4.69) is 15.6 Å². The standard InChI is InChI=1S/C20H17N3O2/c1-14-4-2-5-15(12-14)19(24)22-17-7-9-18(10-8-17)23-20(25)16-6-3-11-21-13-16/h2-13H,1H3,(H,22,24)(H,23,25). The first kappa shape index (κ1) is 16.4. The molecule has 0 radical (unpaired) electrons. The average Bonchev–Trinajstić information content (AvgIpc) is 2.64. The third-order valence-corrected chi connectivity index (χ3v) is 3.60. The van der Waals surface area contributed by atoms with Crippen LogP contribution in [0, 0.1) is 6.92 Å². The first-order chi connectivity index (χ1) is 12.1. The SMILES string of the molecule is Cc1cccc(C(=O)Nc2ccc(NC(=O)c3cccnc3)cc2)c1. The average molecular weight is 331 g/mol. The summed E-state index contributed by atoms with van der Waals surface area (Å²) in [5.74, 6) is -0.402. The van der Waals surface area contributed by atoms with Crippen molar-refractivity contribution in [1.29, 1.82) is 0 Å². The number of rotatable bonds is 4. The molecule has 3 aromatic rings. The van der Waals surface area contributed by atoms with Crippen molar-refractivity contribution in [2.75, 3.05) is 10.6 Å². The fourth-order valence-electron chi connectivity index (χ4n) is 2.33. The van der Waals surface area contributed by atoms with Gasteiger partial charge in [0.1, 0.15) is 0 Å². The number of pyridine rings is 1. The van der Waals surface area contributed by atoms with Crippen molar-refractivity contribution in [2.45, 2.75) is 6.92 Å². The van der Waals surface area contributed by atoms with Crippen molar-refractivity contribution < 1.29 is 9.59 Å². The highest BCUT2D eigenvalue weighted by molar-refractivity contribution is 6.05. The third-order valence-electron chi connectivity index (χ3n) is 3.60. The Balaban J connectivity index is 1.64. The van der Waals surface area contributed by atoms with Crippen molar-refractivity contribution in [2.24, 2.45) is 0 Å². The second-order valence-electron chi connectivity index (χ2n) is 5.60. The largest absolute Gasteiger partial charge is 0.322 e. The van der Waals surface area contributed by atoms with Gasteiger partial charge in [0.15, 0.2) is 0 Å². The quantitative estimate of drug-likeness (QED) is 0.762. The minimum atomic E-state index is -0.232. The molecule has 2 aromatic carbocycles. The van der Waals surface area contributed by atoms with Crippen LogP contribution in [0.2, 0.25) is 0 Å². The number of aryl methyl sites for hydroxylation is 1. The fourth-order valence-corrected chi connectivity index (χ4v) is 2.33. The van der Waals surface area contributed by atoms with Crippen LogP contribution in [0.5, 0.6) is 0 Å². The molecule has 1 aromatic heterocycles. The Labute approximate surface area is 145 Å². The molecular formula is C20H17N3O2. The number of nitrogens with one attached hydrogen (secondary N) is 2. The van der Waals surface area contributed by atoms with Crippen LogP contribution in [0.3, 0.4) is 0 Å². The first-order valence-corrected chi connectivity index (χ1v) is 7.81. The molecular weight excluding hydrogens is 314 g/mol. The van der Waals surface area contributed by atoms with Crippen LogP contribution in [0.15, 0.2) is 73.1 Å². The zero-order valence-electron chi connectivity index (χ0n) is 13.7. The monoisotopic (exact) mass is 331 g/mol. The number of benzene rings is 2. The van der Waals surface area contributed by atoms with Crippen LogP contribution < -0.4 is 10.6 Å². The third kappa shape index (κ3) is 4.29. The van der Waals surface area contributed by atoms with E-state index < -0.39 is 0 Å². The van der Waals surface area contributed by atoms with Crippen molar-refractivity contribution >= 4 is 23.2 Å². The first-order valence-electron chi connectivity index (χ1n) is 7.81. The van der Waals surface area contributed by atoms with Gasteiger partial charge in [-0.3, -0.25) is 14.6 Å². The van der Waals surface area contributed by atoms with Crippen molar-refractivity contribution in [3.8, 4) is 0 Å². The van der Waals surface area contributed by atoms with E-state index in [9.17, 15) is 9.59 Å². The van der Waals surface area contributed by atoms with Gasteiger partial charge in [-0.05, 0) is 55.5 Å². The van der Waals surface area contributed by atoms with Crippen molar-refractivity contribution in [3.05, 3.63) is 89.7 Å². The lowest BCUT2D eigenvalue weighted by atomic mass is 10.1. The minimum Gasteiger partial charge on any atom is -0.322 e. The number of carbonyl (C=O) groups is 2. The number of hydrogen-bond acceptors (Lipinski definition) is 3. The van der Waals surface area contributed by atoms with E-state index in [4.69, 9.17) is 0 Å². The molecule has 0 atom stereocenters. The summed E-state index contributed by atoms with van der Waals surface area (Å²) < 4.78 is 0. The van der Waals surface area contributed by atoms with Gasteiger partial charge < -0.3 is 10.6 Å². The van der Waals surface area contributed by atoms with Crippen LogP contribution in [-0.2, 0) is 0 Å². The maximum atomic E-state index is 12.2. The summed E-state index contributed by atoms with van der Waals surface area (Å²) >= 11 is 0. The van der Waals surface area contributed by atoms with Gasteiger partial charge in [0.25, 0.3) is 11.8 Å². The molecule has 124 valence electrons. The highest BCUT2D eigenvalue weighted by Gasteiger charge is 2.08. The van der Waals surface area contributed by atoms with Crippen molar-refractivity contribution in [3.63, 3.8) is 0 Å².